The molecule has 0 saturated carbocycles. The largest absolute Gasteiger partial charge is 0.394 e. The van der Waals surface area contributed by atoms with Crippen LogP contribution in [0.3, 0.4) is 0 Å². The van der Waals surface area contributed by atoms with Crippen LogP contribution in [0.1, 0.15) is 10.6 Å². The van der Waals surface area contributed by atoms with Crippen molar-refractivity contribution in [1.29, 1.82) is 0 Å². The minimum Gasteiger partial charge on any atom is -0.394 e. The van der Waals surface area contributed by atoms with Crippen molar-refractivity contribution in [2.24, 2.45) is 0 Å². The number of aromatic amines is 1. The number of aromatic nitrogens is 3. The molecule has 1 fully saturated rings. The van der Waals surface area contributed by atoms with E-state index in [9.17, 15) is 20.1 Å². The summed E-state index contributed by atoms with van der Waals surface area (Å²) < 4.78 is 5.24. The molecule has 5 N–H and O–H groups in total. The SMILES string of the molecule is CN(C(=O)c1ncn[nH]1)C1OC(CO)C(O)C(O)C1O. The third-order valence-electron chi connectivity index (χ3n) is 3.19. The topological polar surface area (TPSA) is 152 Å². The Balaban J connectivity index is 2.16. The lowest BCUT2D eigenvalue weighted by molar-refractivity contribution is -0.254. The number of hydrogen-bond donors (Lipinski definition) is 5. The molecule has 0 aliphatic carbocycles. The van der Waals surface area contributed by atoms with E-state index in [1.807, 2.05) is 0 Å². The van der Waals surface area contributed by atoms with E-state index in [4.69, 9.17) is 9.84 Å². The predicted octanol–water partition coefficient (Wildman–Crippen LogP) is -3.32. The monoisotopic (exact) mass is 288 g/mol. The first kappa shape index (κ1) is 14.8. The molecule has 5 atom stereocenters. The number of nitrogens with zero attached hydrogens (tertiary/aromatic N) is 3. The average Bonchev–Trinajstić information content (AvgIpc) is 2.98. The van der Waals surface area contributed by atoms with Crippen LogP contribution in [0.4, 0.5) is 0 Å². The van der Waals surface area contributed by atoms with Gasteiger partial charge in [-0.25, -0.2) is 4.98 Å². The first-order valence-electron chi connectivity index (χ1n) is 5.90. The van der Waals surface area contributed by atoms with Gasteiger partial charge in [0.05, 0.1) is 6.61 Å². The Bertz CT molecular complexity index is 453. The number of amides is 1. The zero-order valence-electron chi connectivity index (χ0n) is 10.6. The number of hydrogen-bond acceptors (Lipinski definition) is 8. The molecule has 0 spiro atoms. The maximum atomic E-state index is 12.0. The third kappa shape index (κ3) is 2.51. The van der Waals surface area contributed by atoms with Gasteiger partial charge in [-0.15, -0.1) is 0 Å². The van der Waals surface area contributed by atoms with Crippen LogP contribution < -0.4 is 0 Å². The highest BCUT2D eigenvalue weighted by molar-refractivity contribution is 5.90. The highest BCUT2D eigenvalue weighted by Gasteiger charge is 2.46. The van der Waals surface area contributed by atoms with Crippen LogP contribution in [0.2, 0.25) is 0 Å². The lowest BCUT2D eigenvalue weighted by Crippen LogP contribution is -2.63. The lowest BCUT2D eigenvalue weighted by Gasteiger charge is -2.43. The predicted molar refractivity (Wildman–Crippen MR) is 62.2 cm³/mol. The molecular weight excluding hydrogens is 272 g/mol. The summed E-state index contributed by atoms with van der Waals surface area (Å²) in [7, 11) is 1.33. The van der Waals surface area contributed by atoms with Gasteiger partial charge in [-0.05, 0) is 0 Å². The minimum absolute atomic E-state index is 0.0653. The number of H-pyrrole nitrogens is 1. The highest BCUT2D eigenvalue weighted by atomic mass is 16.6. The van der Waals surface area contributed by atoms with Crippen molar-refractivity contribution in [3.8, 4) is 0 Å². The fourth-order valence-corrected chi connectivity index (χ4v) is 1.99. The van der Waals surface area contributed by atoms with Crippen LogP contribution in [0.5, 0.6) is 0 Å². The number of carbonyl (C=O) groups is 1. The van der Waals surface area contributed by atoms with Gasteiger partial charge in [0.2, 0.25) is 5.82 Å². The van der Waals surface area contributed by atoms with Crippen molar-refractivity contribution in [2.75, 3.05) is 13.7 Å². The Kier molecular flexibility index (Phi) is 4.30. The molecular formula is C10H16N4O6. The van der Waals surface area contributed by atoms with E-state index in [-0.39, 0.29) is 5.82 Å². The number of ether oxygens (including phenoxy) is 1. The minimum atomic E-state index is -1.55. The van der Waals surface area contributed by atoms with Gasteiger partial charge < -0.3 is 30.1 Å². The Morgan fingerprint density at radius 1 is 1.40 bits per heavy atom. The normalized spacial score (nSPS) is 34.0. The van der Waals surface area contributed by atoms with Gasteiger partial charge in [-0.1, -0.05) is 0 Å². The fraction of sp³-hybridized carbons (Fsp3) is 0.700. The Morgan fingerprint density at radius 3 is 2.65 bits per heavy atom. The van der Waals surface area contributed by atoms with E-state index >= 15 is 0 Å². The maximum absolute atomic E-state index is 12.0. The zero-order valence-corrected chi connectivity index (χ0v) is 10.6. The molecule has 1 aliphatic rings. The molecule has 0 radical (unpaired) electrons. The van der Waals surface area contributed by atoms with E-state index in [2.05, 4.69) is 15.2 Å². The first-order valence-corrected chi connectivity index (χ1v) is 5.90. The van der Waals surface area contributed by atoms with E-state index in [1.165, 1.54) is 7.05 Å². The van der Waals surface area contributed by atoms with Crippen LogP contribution in [-0.2, 0) is 4.74 Å². The van der Waals surface area contributed by atoms with Gasteiger partial charge in [-0.2, -0.15) is 5.10 Å². The van der Waals surface area contributed by atoms with E-state index < -0.39 is 43.2 Å². The number of likely N-dealkylation sites (N-methyl/N-ethyl adjacent to an activating group) is 1. The number of aliphatic hydroxyl groups is 4. The molecule has 1 amide bonds. The van der Waals surface area contributed by atoms with Crippen molar-refractivity contribution in [2.45, 2.75) is 30.6 Å². The fourth-order valence-electron chi connectivity index (χ4n) is 1.99. The van der Waals surface area contributed by atoms with E-state index in [0.29, 0.717) is 0 Å². The molecule has 20 heavy (non-hydrogen) atoms. The van der Waals surface area contributed by atoms with Gasteiger partial charge in [0.15, 0.2) is 6.23 Å². The molecule has 0 aromatic carbocycles. The molecule has 10 nitrogen and oxygen atoms in total. The summed E-state index contributed by atoms with van der Waals surface area (Å²) in [5.41, 5.74) is 0. The van der Waals surface area contributed by atoms with E-state index in [0.717, 1.165) is 11.2 Å². The average molecular weight is 288 g/mol. The van der Waals surface area contributed by atoms with Crippen molar-refractivity contribution >= 4 is 5.91 Å². The Hall–Kier alpha value is -1.59. The van der Waals surface area contributed by atoms with Gasteiger partial charge in [0.1, 0.15) is 30.7 Å². The Morgan fingerprint density at radius 2 is 2.10 bits per heavy atom. The maximum Gasteiger partial charge on any atom is 0.293 e. The van der Waals surface area contributed by atoms with Crippen LogP contribution >= 0.6 is 0 Å². The van der Waals surface area contributed by atoms with Crippen LogP contribution in [0.25, 0.3) is 0 Å². The van der Waals surface area contributed by atoms with Crippen LogP contribution in [-0.4, -0.2) is 90.7 Å². The molecule has 10 heteroatoms. The van der Waals surface area contributed by atoms with Crippen LogP contribution in [0, 0.1) is 0 Å². The molecule has 1 aromatic rings. The van der Waals surface area contributed by atoms with Crippen molar-refractivity contribution < 1.29 is 30.0 Å². The quantitative estimate of drug-likeness (QED) is 0.387. The highest BCUT2D eigenvalue weighted by Crippen LogP contribution is 2.23. The molecule has 1 saturated heterocycles. The second-order valence-corrected chi connectivity index (χ2v) is 4.47. The standard InChI is InChI=1S/C10H16N4O6/c1-14(9(19)8-11-3-12-13-8)10-7(18)6(17)5(16)4(2-15)20-10/h3-7,10,15-18H,2H2,1H3,(H,11,12,13). The molecule has 2 heterocycles. The smallest absolute Gasteiger partial charge is 0.293 e. The lowest BCUT2D eigenvalue weighted by atomic mass is 9.98. The molecule has 5 unspecified atom stereocenters. The van der Waals surface area contributed by atoms with E-state index in [1.54, 1.807) is 0 Å². The summed E-state index contributed by atoms with van der Waals surface area (Å²) in [6.07, 6.45) is -5.71. The summed E-state index contributed by atoms with van der Waals surface area (Å²) in [4.78, 5) is 16.7. The number of nitrogens with one attached hydrogen (secondary N) is 1. The van der Waals surface area contributed by atoms with Gasteiger partial charge in [0, 0.05) is 7.05 Å². The summed E-state index contributed by atoms with van der Waals surface area (Å²) in [5.74, 6) is -0.684. The molecule has 1 aromatic heterocycles. The third-order valence-corrected chi connectivity index (χ3v) is 3.19. The van der Waals surface area contributed by atoms with Crippen LogP contribution in [0.15, 0.2) is 6.33 Å². The number of carbonyl (C=O) groups excluding carboxylic acids is 1. The number of rotatable bonds is 3. The second kappa shape index (κ2) is 5.81. The second-order valence-electron chi connectivity index (χ2n) is 4.47. The molecule has 1 aliphatic heterocycles. The van der Waals surface area contributed by atoms with Crippen molar-refractivity contribution in [3.05, 3.63) is 12.2 Å². The van der Waals surface area contributed by atoms with Gasteiger partial charge in [-0.3, -0.25) is 9.89 Å². The first-order chi connectivity index (χ1) is 9.47. The molecule has 0 bridgehead atoms. The summed E-state index contributed by atoms with van der Waals surface area (Å²) in [6, 6.07) is 0. The van der Waals surface area contributed by atoms with Gasteiger partial charge >= 0.3 is 0 Å². The summed E-state index contributed by atoms with van der Waals surface area (Å²) in [6.45, 7) is -0.564. The Labute approximate surface area is 113 Å². The summed E-state index contributed by atoms with van der Waals surface area (Å²) in [5, 5.41) is 44.2. The summed E-state index contributed by atoms with van der Waals surface area (Å²) >= 11 is 0. The van der Waals surface area contributed by atoms with Crippen molar-refractivity contribution in [3.63, 3.8) is 0 Å². The number of aliphatic hydroxyl groups excluding tert-OH is 4. The van der Waals surface area contributed by atoms with Gasteiger partial charge in [0.25, 0.3) is 5.91 Å². The molecule has 112 valence electrons. The molecule has 2 rings (SSSR count). The van der Waals surface area contributed by atoms with Crippen molar-refractivity contribution in [1.82, 2.24) is 20.1 Å². The zero-order chi connectivity index (χ0) is 14.9.